The van der Waals surface area contributed by atoms with Crippen molar-refractivity contribution in [2.24, 2.45) is 11.3 Å². The largest absolute Gasteiger partial charge is 0.339 e. The summed E-state index contributed by atoms with van der Waals surface area (Å²) in [6, 6.07) is 0.545. The van der Waals surface area contributed by atoms with E-state index in [-0.39, 0.29) is 5.41 Å². The molecule has 2 nitrogen and oxygen atoms in total. The molecule has 0 aliphatic heterocycles. The van der Waals surface area contributed by atoms with Crippen molar-refractivity contribution in [2.45, 2.75) is 53.5 Å². The summed E-state index contributed by atoms with van der Waals surface area (Å²) in [5, 5.41) is 0. The topological polar surface area (TPSA) is 20.3 Å². The van der Waals surface area contributed by atoms with Crippen molar-refractivity contribution in [2.75, 3.05) is 6.54 Å². The fourth-order valence-electron chi connectivity index (χ4n) is 1.61. The Hall–Kier alpha value is -0.530. The zero-order valence-corrected chi connectivity index (χ0v) is 10.1. The summed E-state index contributed by atoms with van der Waals surface area (Å²) in [6.07, 6.45) is 2.41. The van der Waals surface area contributed by atoms with E-state index in [1.807, 2.05) is 20.8 Å². The molecule has 0 saturated heterocycles. The molecule has 1 aliphatic rings. The molecule has 14 heavy (non-hydrogen) atoms. The van der Waals surface area contributed by atoms with E-state index in [2.05, 4.69) is 18.7 Å². The lowest BCUT2D eigenvalue weighted by molar-refractivity contribution is -0.140. The van der Waals surface area contributed by atoms with Crippen LogP contribution >= 0.6 is 0 Å². The normalized spacial score (nSPS) is 17.3. The number of rotatable bonds is 3. The fraction of sp³-hybridized carbons (Fsp3) is 0.917. The summed E-state index contributed by atoms with van der Waals surface area (Å²) in [4.78, 5) is 14.2. The molecular weight excluding hydrogens is 174 g/mol. The summed E-state index contributed by atoms with van der Waals surface area (Å²) < 4.78 is 0. The SMILES string of the molecule is CC(C)CN(C(=O)C(C)(C)C)C1CC1. The lowest BCUT2D eigenvalue weighted by atomic mass is 9.94. The van der Waals surface area contributed by atoms with E-state index in [1.165, 1.54) is 12.8 Å². The molecule has 0 aromatic rings. The van der Waals surface area contributed by atoms with Crippen LogP contribution in [-0.4, -0.2) is 23.4 Å². The molecule has 0 radical (unpaired) electrons. The lowest BCUT2D eigenvalue weighted by Crippen LogP contribution is -2.42. The minimum Gasteiger partial charge on any atom is -0.339 e. The molecule has 0 heterocycles. The van der Waals surface area contributed by atoms with Crippen LogP contribution in [0.5, 0.6) is 0 Å². The minimum absolute atomic E-state index is 0.225. The first kappa shape index (κ1) is 11.5. The smallest absolute Gasteiger partial charge is 0.228 e. The maximum Gasteiger partial charge on any atom is 0.228 e. The van der Waals surface area contributed by atoms with E-state index in [0.717, 1.165) is 6.54 Å². The van der Waals surface area contributed by atoms with Crippen LogP contribution in [-0.2, 0) is 4.79 Å². The lowest BCUT2D eigenvalue weighted by Gasteiger charge is -2.30. The van der Waals surface area contributed by atoms with E-state index in [9.17, 15) is 4.79 Å². The maximum absolute atomic E-state index is 12.1. The van der Waals surface area contributed by atoms with Crippen molar-refractivity contribution < 1.29 is 4.79 Å². The Morgan fingerprint density at radius 1 is 1.36 bits per heavy atom. The number of hydrogen-bond donors (Lipinski definition) is 0. The molecule has 1 rings (SSSR count). The van der Waals surface area contributed by atoms with Crippen LogP contribution in [0.25, 0.3) is 0 Å². The van der Waals surface area contributed by atoms with Crippen molar-refractivity contribution >= 4 is 5.91 Å². The van der Waals surface area contributed by atoms with E-state index >= 15 is 0 Å². The number of carbonyl (C=O) groups excluding carboxylic acids is 1. The Bertz CT molecular complexity index is 211. The molecule has 0 atom stereocenters. The summed E-state index contributed by atoms with van der Waals surface area (Å²) in [7, 11) is 0. The van der Waals surface area contributed by atoms with Gasteiger partial charge in [-0.25, -0.2) is 0 Å². The first-order valence-electron chi connectivity index (χ1n) is 5.63. The Labute approximate surface area is 87.7 Å². The highest BCUT2D eigenvalue weighted by Crippen LogP contribution is 2.31. The highest BCUT2D eigenvalue weighted by Gasteiger charge is 2.37. The van der Waals surface area contributed by atoms with Crippen molar-refractivity contribution in [3.8, 4) is 0 Å². The number of carbonyl (C=O) groups is 1. The van der Waals surface area contributed by atoms with Crippen molar-refractivity contribution in [3.63, 3.8) is 0 Å². The van der Waals surface area contributed by atoms with Crippen LogP contribution in [0.3, 0.4) is 0 Å². The molecule has 1 fully saturated rings. The van der Waals surface area contributed by atoms with E-state index in [4.69, 9.17) is 0 Å². The summed E-state index contributed by atoms with van der Waals surface area (Å²) >= 11 is 0. The maximum atomic E-state index is 12.1. The van der Waals surface area contributed by atoms with Gasteiger partial charge in [0.25, 0.3) is 0 Å². The predicted molar refractivity (Wildman–Crippen MR) is 59.0 cm³/mol. The Kier molecular flexibility index (Phi) is 3.23. The molecule has 82 valence electrons. The van der Waals surface area contributed by atoms with Crippen molar-refractivity contribution in [1.82, 2.24) is 4.90 Å². The van der Waals surface area contributed by atoms with Crippen LogP contribution in [0.1, 0.15) is 47.5 Å². The molecule has 0 spiro atoms. The second-order valence-corrected chi connectivity index (χ2v) is 5.83. The van der Waals surface area contributed by atoms with Gasteiger partial charge in [0, 0.05) is 18.0 Å². The zero-order chi connectivity index (χ0) is 10.9. The predicted octanol–water partition coefficient (Wildman–Crippen LogP) is 2.68. The van der Waals surface area contributed by atoms with Gasteiger partial charge in [0.15, 0.2) is 0 Å². The summed E-state index contributed by atoms with van der Waals surface area (Å²) in [5.74, 6) is 0.885. The third-order valence-corrected chi connectivity index (χ3v) is 2.45. The van der Waals surface area contributed by atoms with Gasteiger partial charge in [0.1, 0.15) is 0 Å². The zero-order valence-electron chi connectivity index (χ0n) is 10.1. The second-order valence-electron chi connectivity index (χ2n) is 5.83. The average molecular weight is 197 g/mol. The van der Waals surface area contributed by atoms with Crippen LogP contribution in [0.2, 0.25) is 0 Å². The van der Waals surface area contributed by atoms with E-state index in [1.54, 1.807) is 0 Å². The molecular formula is C12H23NO. The van der Waals surface area contributed by atoms with Crippen LogP contribution in [0, 0.1) is 11.3 Å². The minimum atomic E-state index is -0.225. The van der Waals surface area contributed by atoms with E-state index < -0.39 is 0 Å². The third kappa shape index (κ3) is 3.00. The Morgan fingerprint density at radius 2 is 1.86 bits per heavy atom. The first-order chi connectivity index (χ1) is 6.32. The molecule has 0 aromatic heterocycles. The van der Waals surface area contributed by atoms with E-state index in [0.29, 0.717) is 17.9 Å². The van der Waals surface area contributed by atoms with Crippen molar-refractivity contribution in [1.29, 1.82) is 0 Å². The standard InChI is InChI=1S/C12H23NO/c1-9(2)8-13(10-6-7-10)11(14)12(3,4)5/h9-10H,6-8H2,1-5H3. The number of amides is 1. The molecule has 0 unspecified atom stereocenters. The third-order valence-electron chi connectivity index (χ3n) is 2.45. The van der Waals surface area contributed by atoms with Gasteiger partial charge >= 0.3 is 0 Å². The van der Waals surface area contributed by atoms with Gasteiger partial charge in [0.2, 0.25) is 5.91 Å². The summed E-state index contributed by atoms with van der Waals surface area (Å²) in [5.41, 5.74) is -0.225. The average Bonchev–Trinajstić information content (AvgIpc) is 2.79. The molecule has 0 bridgehead atoms. The van der Waals surface area contributed by atoms with Gasteiger partial charge in [-0.2, -0.15) is 0 Å². The first-order valence-corrected chi connectivity index (χ1v) is 5.63. The summed E-state index contributed by atoms with van der Waals surface area (Å²) in [6.45, 7) is 11.3. The van der Waals surface area contributed by atoms with Gasteiger partial charge < -0.3 is 4.90 Å². The molecule has 1 aliphatic carbocycles. The quantitative estimate of drug-likeness (QED) is 0.681. The number of hydrogen-bond acceptors (Lipinski definition) is 1. The van der Waals surface area contributed by atoms with Crippen molar-refractivity contribution in [3.05, 3.63) is 0 Å². The molecule has 0 aromatic carbocycles. The Morgan fingerprint density at radius 3 is 2.14 bits per heavy atom. The van der Waals surface area contributed by atoms with Crippen LogP contribution in [0.15, 0.2) is 0 Å². The van der Waals surface area contributed by atoms with Gasteiger partial charge in [-0.3, -0.25) is 4.79 Å². The molecule has 2 heteroatoms. The Balaban J connectivity index is 2.62. The monoisotopic (exact) mass is 197 g/mol. The highest BCUT2D eigenvalue weighted by atomic mass is 16.2. The van der Waals surface area contributed by atoms with Gasteiger partial charge in [0.05, 0.1) is 0 Å². The number of nitrogens with zero attached hydrogens (tertiary/aromatic N) is 1. The van der Waals surface area contributed by atoms with Gasteiger partial charge in [-0.05, 0) is 18.8 Å². The van der Waals surface area contributed by atoms with Crippen LogP contribution < -0.4 is 0 Å². The molecule has 1 saturated carbocycles. The molecule has 1 amide bonds. The second kappa shape index (κ2) is 3.92. The van der Waals surface area contributed by atoms with Crippen LogP contribution in [0.4, 0.5) is 0 Å². The fourth-order valence-corrected chi connectivity index (χ4v) is 1.61. The van der Waals surface area contributed by atoms with Gasteiger partial charge in [-0.1, -0.05) is 34.6 Å². The molecule has 0 N–H and O–H groups in total. The van der Waals surface area contributed by atoms with Gasteiger partial charge in [-0.15, -0.1) is 0 Å². The highest BCUT2D eigenvalue weighted by molar-refractivity contribution is 5.82.